The summed E-state index contributed by atoms with van der Waals surface area (Å²) in [5.41, 5.74) is 4.68. The minimum absolute atomic E-state index is 0. The summed E-state index contributed by atoms with van der Waals surface area (Å²) in [6.07, 6.45) is 0. The van der Waals surface area contributed by atoms with Crippen molar-refractivity contribution in [3.05, 3.63) is 91.0 Å². The molecule has 8 bridgehead atoms. The third kappa shape index (κ3) is 4.17. The fourth-order valence-electron chi connectivity index (χ4n) is 5.87. The zero-order valence-corrected chi connectivity index (χ0v) is 24.7. The van der Waals surface area contributed by atoms with Crippen molar-refractivity contribution in [1.29, 1.82) is 0 Å². The molecule has 3 aromatic heterocycles. The van der Waals surface area contributed by atoms with Gasteiger partial charge in [0.1, 0.15) is 27.5 Å². The largest absolute Gasteiger partial charge is 2.00 e. The Morgan fingerprint density at radius 3 is 1.31 bits per heavy atom. The van der Waals surface area contributed by atoms with Crippen molar-refractivity contribution in [3.63, 3.8) is 0 Å². The van der Waals surface area contributed by atoms with Crippen LogP contribution in [0.3, 0.4) is 0 Å². The van der Waals surface area contributed by atoms with E-state index in [0.29, 0.717) is 45.6 Å². The minimum Gasteiger partial charge on any atom is -0.324 e. The number of nitrogens with zero attached hydrogens (tertiary/aromatic N) is 6. The van der Waals surface area contributed by atoms with Gasteiger partial charge in [0.25, 0.3) is 10.1 Å². The molecular weight excluding hydrogens is 635 g/mol. The molecule has 2 aliphatic heterocycles. The normalized spacial score (nSPS) is 12.1. The molecule has 217 valence electrons. The Hall–Kier alpha value is -5.34. The average molecular weight is 654 g/mol. The van der Waals surface area contributed by atoms with Crippen molar-refractivity contribution in [2.24, 2.45) is 0 Å². The Morgan fingerprint density at radius 1 is 0.467 bits per heavy atom. The van der Waals surface area contributed by atoms with Gasteiger partial charge in [-0.05, 0) is 6.07 Å². The number of aromatic amines is 2. The van der Waals surface area contributed by atoms with E-state index >= 15 is 0 Å². The van der Waals surface area contributed by atoms with Gasteiger partial charge in [-0.15, -0.1) is 0 Å². The van der Waals surface area contributed by atoms with E-state index in [-0.39, 0.29) is 32.7 Å². The van der Waals surface area contributed by atoms with Gasteiger partial charge < -0.3 is 9.97 Å². The zero-order chi connectivity index (χ0) is 29.6. The molecule has 0 saturated carbocycles. The molecule has 0 saturated heterocycles. The van der Waals surface area contributed by atoms with Crippen LogP contribution >= 0.6 is 0 Å². The van der Waals surface area contributed by atoms with Crippen LogP contribution in [-0.4, -0.2) is 52.8 Å². The molecule has 0 aliphatic carbocycles. The molecule has 4 aromatic carbocycles. The molecule has 45 heavy (non-hydrogen) atoms. The number of H-pyrrole nitrogens is 2. The van der Waals surface area contributed by atoms with Crippen molar-refractivity contribution in [2.45, 2.75) is 4.90 Å². The summed E-state index contributed by atoms with van der Waals surface area (Å²) in [5, 5.41) is 2.36. The summed E-state index contributed by atoms with van der Waals surface area (Å²) in [6.45, 7) is 0. The fourth-order valence-corrected chi connectivity index (χ4v) is 6.59. The Kier molecular flexibility index (Phi) is 5.95. The third-order valence-electron chi connectivity index (χ3n) is 7.82. The molecule has 1 radical (unpaired) electrons. The molecule has 0 spiro atoms. The van der Waals surface area contributed by atoms with Crippen LogP contribution in [0.4, 0.5) is 0 Å². The first kappa shape index (κ1) is 27.2. The van der Waals surface area contributed by atoms with Crippen molar-refractivity contribution < 1.29 is 29.7 Å². The van der Waals surface area contributed by atoms with Crippen molar-refractivity contribution in [3.8, 4) is 45.6 Å². The number of hydrogen-bond donors (Lipinski definition) is 3. The van der Waals surface area contributed by atoms with Crippen molar-refractivity contribution in [1.82, 2.24) is 39.9 Å². The van der Waals surface area contributed by atoms with Gasteiger partial charge in [-0.3, -0.25) is 4.55 Å². The monoisotopic (exact) mass is 653 g/mol. The van der Waals surface area contributed by atoms with E-state index in [4.69, 9.17) is 29.9 Å². The van der Waals surface area contributed by atoms with Gasteiger partial charge in [0.2, 0.25) is 0 Å². The Balaban J connectivity index is 0.00000300. The number of nitrogens with one attached hydrogen (secondary N) is 2. The first-order valence-corrected chi connectivity index (χ1v) is 15.1. The molecule has 11 nitrogen and oxygen atoms in total. The molecule has 2 aliphatic rings. The quantitative estimate of drug-likeness (QED) is 0.177. The first-order valence-electron chi connectivity index (χ1n) is 13.6. The number of benzene rings is 4. The summed E-state index contributed by atoms with van der Waals surface area (Å²) in [4.78, 5) is 35.4. The molecule has 0 amide bonds. The van der Waals surface area contributed by atoms with E-state index in [0.717, 1.165) is 33.0 Å². The SMILES string of the molecule is O=S(=O)(O)c1cccc2c3nc4nc(nc5[nH]c(nc6nc(nc([nH]3)c12)-c1ccccc1-6)c1ccccc51)-c1ccccc1-4.[Co+2]. The average Bonchev–Trinajstić information content (AvgIpc) is 3.76. The molecule has 0 fully saturated rings. The molecule has 3 N–H and O–H groups in total. The predicted octanol–water partition coefficient (Wildman–Crippen LogP) is 6.11. The standard InChI is InChI=1S/C32H18N8O3S.Co/c41-44(42,43)23-15-7-14-22-24(23)32-39-30-21-13-6-5-12-20(21)28(37-30)35-26-17-9-2-1-8-16(17)25(33-26)34-27-18-10-3-4-11-19(18)29(36-27)38-31(22)40-32;/h1-15H,(H,41,42,43)(H2,33,34,35,36,37,38,39,40);/q;+2. The van der Waals surface area contributed by atoms with E-state index in [1.807, 2.05) is 72.8 Å². The third-order valence-corrected chi connectivity index (χ3v) is 8.72. The summed E-state index contributed by atoms with van der Waals surface area (Å²) in [7, 11) is -4.62. The second-order valence-corrected chi connectivity index (χ2v) is 11.8. The second-order valence-electron chi connectivity index (χ2n) is 10.4. The smallest absolute Gasteiger partial charge is 0.324 e. The first-order chi connectivity index (χ1) is 21.4. The van der Waals surface area contributed by atoms with E-state index in [1.54, 1.807) is 12.1 Å². The van der Waals surface area contributed by atoms with Gasteiger partial charge in [-0.25, -0.2) is 29.9 Å². The van der Waals surface area contributed by atoms with Crippen LogP contribution in [0.5, 0.6) is 0 Å². The maximum Gasteiger partial charge on any atom is 2.00 e. The molecule has 9 rings (SSSR count). The maximum absolute atomic E-state index is 12.5. The second kappa shape index (κ2) is 9.83. The molecule has 0 atom stereocenters. The Bertz CT molecular complexity index is 2660. The summed E-state index contributed by atoms with van der Waals surface area (Å²) in [5.74, 6) is 1.60. The molecular formula is C32H18CoN8O3S+2. The summed E-state index contributed by atoms with van der Waals surface area (Å²) < 4.78 is 35.2. The molecule has 13 heteroatoms. The van der Waals surface area contributed by atoms with Crippen LogP contribution in [0.15, 0.2) is 95.9 Å². The maximum atomic E-state index is 12.5. The van der Waals surface area contributed by atoms with Crippen molar-refractivity contribution in [2.75, 3.05) is 0 Å². The van der Waals surface area contributed by atoms with Crippen LogP contribution in [0.2, 0.25) is 0 Å². The number of hydrogen-bond acceptors (Lipinski definition) is 8. The van der Waals surface area contributed by atoms with Gasteiger partial charge in [-0.2, -0.15) is 8.42 Å². The van der Waals surface area contributed by atoms with Gasteiger partial charge in [0.05, 0.1) is 0 Å². The predicted molar refractivity (Wildman–Crippen MR) is 166 cm³/mol. The topological polar surface area (TPSA) is 163 Å². The van der Waals surface area contributed by atoms with Crippen LogP contribution in [0.1, 0.15) is 0 Å². The van der Waals surface area contributed by atoms with Gasteiger partial charge >= 0.3 is 16.8 Å². The number of aromatic nitrogens is 8. The van der Waals surface area contributed by atoms with Crippen molar-refractivity contribution >= 4 is 54.3 Å². The van der Waals surface area contributed by atoms with Gasteiger partial charge in [0.15, 0.2) is 23.3 Å². The summed E-state index contributed by atoms with van der Waals surface area (Å²) in [6, 6.07) is 27.6. The van der Waals surface area contributed by atoms with E-state index in [9.17, 15) is 13.0 Å². The van der Waals surface area contributed by atoms with E-state index in [2.05, 4.69) is 9.97 Å². The molecule has 0 unspecified atom stereocenters. The van der Waals surface area contributed by atoms with Gasteiger partial charge in [0, 0.05) is 43.8 Å². The Morgan fingerprint density at radius 2 is 0.844 bits per heavy atom. The van der Waals surface area contributed by atoms with Gasteiger partial charge in [-0.1, -0.05) is 84.9 Å². The van der Waals surface area contributed by atoms with Crippen LogP contribution in [0.25, 0.3) is 89.7 Å². The van der Waals surface area contributed by atoms with E-state index < -0.39 is 10.1 Å². The van der Waals surface area contributed by atoms with Crippen LogP contribution in [-0.2, 0) is 26.9 Å². The fraction of sp³-hybridized carbons (Fsp3) is 0. The minimum atomic E-state index is -4.62. The van der Waals surface area contributed by atoms with E-state index in [1.165, 1.54) is 6.07 Å². The molecule has 5 heterocycles. The summed E-state index contributed by atoms with van der Waals surface area (Å²) >= 11 is 0. The number of rotatable bonds is 1. The van der Waals surface area contributed by atoms with Crippen LogP contribution < -0.4 is 0 Å². The Labute approximate surface area is 264 Å². The molecule has 7 aromatic rings. The zero-order valence-electron chi connectivity index (χ0n) is 22.8. The van der Waals surface area contributed by atoms with Crippen LogP contribution in [0, 0.1) is 0 Å². The number of fused-ring (bicyclic) bond motifs is 20.